The molecule has 1 heterocycles. The Morgan fingerprint density at radius 2 is 1.92 bits per heavy atom. The van der Waals surface area contributed by atoms with Crippen LogP contribution in [0.4, 0.5) is 11.8 Å². The van der Waals surface area contributed by atoms with Gasteiger partial charge >= 0.3 is 0 Å². The summed E-state index contributed by atoms with van der Waals surface area (Å²) in [4.78, 5) is 20.4. The van der Waals surface area contributed by atoms with Crippen LogP contribution < -0.4 is 16.4 Å². The zero-order valence-electron chi connectivity index (χ0n) is 14.3. The van der Waals surface area contributed by atoms with E-state index in [0.717, 1.165) is 45.1 Å². The number of nitrogens with zero attached hydrogens (tertiary/aromatic N) is 2. The van der Waals surface area contributed by atoms with E-state index in [2.05, 4.69) is 20.6 Å². The van der Waals surface area contributed by atoms with Gasteiger partial charge in [-0.2, -0.15) is 4.98 Å². The van der Waals surface area contributed by atoms with Crippen LogP contribution in [-0.2, 0) is 4.74 Å². The predicted molar refractivity (Wildman–Crippen MR) is 93.1 cm³/mol. The van der Waals surface area contributed by atoms with Gasteiger partial charge in [0, 0.05) is 24.9 Å². The minimum atomic E-state index is -0.504. The highest BCUT2D eigenvalue weighted by atomic mass is 16.5. The summed E-state index contributed by atoms with van der Waals surface area (Å²) in [5, 5.41) is 6.71. The van der Waals surface area contributed by atoms with Gasteiger partial charge in [0.2, 0.25) is 5.95 Å². The Labute approximate surface area is 142 Å². The van der Waals surface area contributed by atoms with Crippen LogP contribution in [0, 0.1) is 0 Å². The van der Waals surface area contributed by atoms with Crippen molar-refractivity contribution in [2.24, 2.45) is 5.73 Å². The van der Waals surface area contributed by atoms with Gasteiger partial charge in [0.25, 0.3) is 5.91 Å². The summed E-state index contributed by atoms with van der Waals surface area (Å²) in [6.07, 6.45) is 9.44. The molecule has 2 aliphatic rings. The van der Waals surface area contributed by atoms with Gasteiger partial charge in [0.05, 0.1) is 11.7 Å². The molecule has 24 heavy (non-hydrogen) atoms. The van der Waals surface area contributed by atoms with Crippen molar-refractivity contribution in [3.8, 4) is 0 Å². The molecule has 1 amide bonds. The van der Waals surface area contributed by atoms with E-state index in [-0.39, 0.29) is 6.04 Å². The molecular formula is C17H27N5O2. The maximum atomic E-state index is 11.7. The van der Waals surface area contributed by atoms with Crippen molar-refractivity contribution >= 4 is 17.7 Å². The molecule has 7 nitrogen and oxygen atoms in total. The lowest BCUT2D eigenvalue weighted by Crippen LogP contribution is -2.32. The SMILES string of the molecule is CCO[C@H]1CC[C@H](Nc2nc(NC3CCC3)ncc2C(N)=O)CC1. The second kappa shape index (κ2) is 7.79. The molecule has 0 aliphatic heterocycles. The monoisotopic (exact) mass is 333 g/mol. The molecule has 0 saturated heterocycles. The molecule has 1 aromatic heterocycles. The van der Waals surface area contributed by atoms with Crippen molar-refractivity contribution in [1.82, 2.24) is 9.97 Å². The molecule has 0 spiro atoms. The Hall–Kier alpha value is -1.89. The lowest BCUT2D eigenvalue weighted by atomic mass is 9.93. The van der Waals surface area contributed by atoms with Crippen LogP contribution in [0.2, 0.25) is 0 Å². The molecule has 2 saturated carbocycles. The van der Waals surface area contributed by atoms with E-state index in [1.54, 1.807) is 0 Å². The number of carbonyl (C=O) groups is 1. The molecule has 132 valence electrons. The fraction of sp³-hybridized carbons (Fsp3) is 0.706. The summed E-state index contributed by atoms with van der Waals surface area (Å²) in [5.74, 6) is 0.602. The molecule has 3 rings (SSSR count). The number of aromatic nitrogens is 2. The van der Waals surface area contributed by atoms with Crippen LogP contribution in [0.25, 0.3) is 0 Å². The van der Waals surface area contributed by atoms with Gasteiger partial charge in [0.15, 0.2) is 0 Å². The van der Waals surface area contributed by atoms with E-state index in [9.17, 15) is 4.79 Å². The molecule has 0 unspecified atom stereocenters. The topological polar surface area (TPSA) is 102 Å². The third-order valence-corrected chi connectivity index (χ3v) is 4.91. The zero-order valence-corrected chi connectivity index (χ0v) is 14.3. The number of ether oxygens (including phenoxy) is 1. The average Bonchev–Trinajstić information content (AvgIpc) is 2.53. The molecule has 4 N–H and O–H groups in total. The van der Waals surface area contributed by atoms with Gasteiger partial charge in [-0.05, 0) is 51.9 Å². The molecular weight excluding hydrogens is 306 g/mol. The lowest BCUT2D eigenvalue weighted by Gasteiger charge is -2.30. The first-order valence-electron chi connectivity index (χ1n) is 8.97. The smallest absolute Gasteiger partial charge is 0.254 e. The van der Waals surface area contributed by atoms with Gasteiger partial charge in [0.1, 0.15) is 5.82 Å². The molecule has 0 aromatic carbocycles. The summed E-state index contributed by atoms with van der Waals surface area (Å²) in [6.45, 7) is 2.79. The third kappa shape index (κ3) is 4.14. The van der Waals surface area contributed by atoms with Gasteiger partial charge in [-0.15, -0.1) is 0 Å². The summed E-state index contributed by atoms with van der Waals surface area (Å²) in [5.41, 5.74) is 5.82. The van der Waals surface area contributed by atoms with Crippen LogP contribution >= 0.6 is 0 Å². The van der Waals surface area contributed by atoms with E-state index in [0.29, 0.717) is 29.5 Å². The Bertz CT molecular complexity index is 568. The van der Waals surface area contributed by atoms with E-state index >= 15 is 0 Å². The summed E-state index contributed by atoms with van der Waals surface area (Å²) in [6, 6.07) is 0.727. The number of nitrogens with one attached hydrogen (secondary N) is 2. The first-order valence-corrected chi connectivity index (χ1v) is 8.97. The highest BCUT2D eigenvalue weighted by Gasteiger charge is 2.24. The summed E-state index contributed by atoms with van der Waals surface area (Å²) in [7, 11) is 0. The Balaban J connectivity index is 1.65. The van der Waals surface area contributed by atoms with E-state index in [1.165, 1.54) is 12.6 Å². The van der Waals surface area contributed by atoms with E-state index in [1.807, 2.05) is 6.92 Å². The van der Waals surface area contributed by atoms with Crippen LogP contribution in [0.15, 0.2) is 6.20 Å². The first-order chi connectivity index (χ1) is 11.7. The number of carbonyl (C=O) groups excluding carboxylic acids is 1. The largest absolute Gasteiger partial charge is 0.379 e. The van der Waals surface area contributed by atoms with Crippen molar-refractivity contribution in [2.45, 2.75) is 70.1 Å². The second-order valence-corrected chi connectivity index (χ2v) is 6.67. The second-order valence-electron chi connectivity index (χ2n) is 6.67. The lowest BCUT2D eigenvalue weighted by molar-refractivity contribution is 0.0346. The number of amides is 1. The number of rotatable bonds is 7. The molecule has 0 radical (unpaired) electrons. The van der Waals surface area contributed by atoms with Crippen molar-refractivity contribution in [3.63, 3.8) is 0 Å². The van der Waals surface area contributed by atoms with Crippen molar-refractivity contribution in [2.75, 3.05) is 17.2 Å². The summed E-state index contributed by atoms with van der Waals surface area (Å²) >= 11 is 0. The van der Waals surface area contributed by atoms with Crippen LogP contribution in [0.1, 0.15) is 62.2 Å². The van der Waals surface area contributed by atoms with Gasteiger partial charge in [-0.25, -0.2) is 4.98 Å². The number of anilines is 2. The minimum Gasteiger partial charge on any atom is -0.379 e. The maximum Gasteiger partial charge on any atom is 0.254 e. The quantitative estimate of drug-likeness (QED) is 0.707. The summed E-state index contributed by atoms with van der Waals surface area (Å²) < 4.78 is 5.69. The predicted octanol–water partition coefficient (Wildman–Crippen LogP) is 2.30. The van der Waals surface area contributed by atoms with Crippen LogP contribution in [0.5, 0.6) is 0 Å². The fourth-order valence-electron chi connectivity index (χ4n) is 3.28. The Morgan fingerprint density at radius 3 is 2.50 bits per heavy atom. The third-order valence-electron chi connectivity index (χ3n) is 4.91. The number of nitrogens with two attached hydrogens (primary N) is 1. The fourth-order valence-corrected chi connectivity index (χ4v) is 3.28. The molecule has 2 aliphatic carbocycles. The van der Waals surface area contributed by atoms with E-state index in [4.69, 9.17) is 10.5 Å². The van der Waals surface area contributed by atoms with Crippen LogP contribution in [0.3, 0.4) is 0 Å². The average molecular weight is 333 g/mol. The molecule has 1 aromatic rings. The maximum absolute atomic E-state index is 11.7. The number of primary amides is 1. The normalized spacial score (nSPS) is 24.2. The van der Waals surface area contributed by atoms with Crippen molar-refractivity contribution < 1.29 is 9.53 Å². The molecule has 0 atom stereocenters. The van der Waals surface area contributed by atoms with Crippen LogP contribution in [-0.4, -0.2) is 40.7 Å². The van der Waals surface area contributed by atoms with Crippen molar-refractivity contribution in [3.05, 3.63) is 11.8 Å². The molecule has 2 fully saturated rings. The number of hydrogen-bond donors (Lipinski definition) is 3. The van der Waals surface area contributed by atoms with Gasteiger partial charge < -0.3 is 21.1 Å². The number of hydrogen-bond acceptors (Lipinski definition) is 6. The zero-order chi connectivity index (χ0) is 16.9. The van der Waals surface area contributed by atoms with Gasteiger partial charge in [-0.1, -0.05) is 0 Å². The standard InChI is InChI=1S/C17H27N5O2/c1-2-24-13-8-6-12(7-9-13)20-16-14(15(18)23)10-19-17(22-16)21-11-4-3-5-11/h10-13H,2-9H2,1H3,(H2,18,23)(H2,19,20,21,22)/t12-,13-. The Kier molecular flexibility index (Phi) is 5.50. The first kappa shape index (κ1) is 17.0. The van der Waals surface area contributed by atoms with Gasteiger partial charge in [-0.3, -0.25) is 4.79 Å². The highest BCUT2D eigenvalue weighted by molar-refractivity contribution is 5.97. The minimum absolute atomic E-state index is 0.284. The highest BCUT2D eigenvalue weighted by Crippen LogP contribution is 2.26. The Morgan fingerprint density at radius 1 is 1.21 bits per heavy atom. The molecule has 0 bridgehead atoms. The molecule has 7 heteroatoms. The van der Waals surface area contributed by atoms with E-state index < -0.39 is 5.91 Å². The van der Waals surface area contributed by atoms with Crippen molar-refractivity contribution in [1.29, 1.82) is 0 Å².